The standard InChI is InChI=1S/C25H28N2O5S/c1-4-31-22-16-12-21(13-17-22)27(33(29,30)24-8-6-5-7-9-24)18-25(28)26-20-10-14-23(15-11-20)32-19(2)3/h5-17,19H,4,18H2,1-3H3,(H,26,28). The minimum Gasteiger partial charge on any atom is -0.494 e. The molecule has 0 fully saturated rings. The first-order valence-corrected chi connectivity index (χ1v) is 12.1. The third-order valence-corrected chi connectivity index (χ3v) is 6.35. The highest BCUT2D eigenvalue weighted by Gasteiger charge is 2.27. The number of sulfonamides is 1. The van der Waals surface area contributed by atoms with Crippen molar-refractivity contribution >= 4 is 27.3 Å². The first-order chi connectivity index (χ1) is 15.8. The molecule has 174 valence electrons. The number of hydrogen-bond acceptors (Lipinski definition) is 5. The van der Waals surface area contributed by atoms with Gasteiger partial charge in [-0.05, 0) is 81.4 Å². The van der Waals surface area contributed by atoms with Crippen LogP contribution < -0.4 is 19.1 Å². The molecule has 1 amide bonds. The van der Waals surface area contributed by atoms with Crippen LogP contribution in [-0.4, -0.2) is 33.6 Å². The molecule has 0 radical (unpaired) electrons. The number of nitrogens with zero attached hydrogens (tertiary/aromatic N) is 1. The molecule has 3 aromatic rings. The third-order valence-electron chi connectivity index (χ3n) is 4.56. The number of ether oxygens (including phenoxy) is 2. The van der Waals surface area contributed by atoms with Crippen molar-refractivity contribution in [3.8, 4) is 11.5 Å². The summed E-state index contributed by atoms with van der Waals surface area (Å²) in [6, 6.07) is 21.5. The van der Waals surface area contributed by atoms with Gasteiger partial charge < -0.3 is 14.8 Å². The molecule has 8 heteroatoms. The minimum absolute atomic E-state index is 0.0382. The second-order valence-corrected chi connectivity index (χ2v) is 9.35. The van der Waals surface area contributed by atoms with Crippen LogP contribution in [-0.2, 0) is 14.8 Å². The number of benzene rings is 3. The van der Waals surface area contributed by atoms with E-state index in [1.165, 1.54) is 12.1 Å². The van der Waals surface area contributed by atoms with Gasteiger partial charge in [0.25, 0.3) is 10.0 Å². The molecule has 0 atom stereocenters. The summed E-state index contributed by atoms with van der Waals surface area (Å²) < 4.78 is 38.9. The predicted molar refractivity (Wildman–Crippen MR) is 129 cm³/mol. The molecule has 0 aliphatic rings. The largest absolute Gasteiger partial charge is 0.494 e. The fraction of sp³-hybridized carbons (Fsp3) is 0.240. The maximum absolute atomic E-state index is 13.4. The zero-order valence-corrected chi connectivity index (χ0v) is 19.7. The highest BCUT2D eigenvalue weighted by atomic mass is 32.2. The number of rotatable bonds is 10. The Balaban J connectivity index is 1.84. The van der Waals surface area contributed by atoms with E-state index in [1.807, 2.05) is 20.8 Å². The molecule has 0 aliphatic heterocycles. The normalized spacial score (nSPS) is 11.2. The van der Waals surface area contributed by atoms with Crippen LogP contribution in [0.5, 0.6) is 11.5 Å². The molecule has 0 aromatic heterocycles. The molecule has 3 aromatic carbocycles. The van der Waals surface area contributed by atoms with Gasteiger partial charge >= 0.3 is 0 Å². The molecule has 33 heavy (non-hydrogen) atoms. The highest BCUT2D eigenvalue weighted by Crippen LogP contribution is 2.26. The van der Waals surface area contributed by atoms with Crippen LogP contribution in [0.1, 0.15) is 20.8 Å². The molecule has 7 nitrogen and oxygen atoms in total. The Morgan fingerprint density at radius 2 is 1.52 bits per heavy atom. The van der Waals surface area contributed by atoms with Gasteiger partial charge in [-0.2, -0.15) is 0 Å². The van der Waals surface area contributed by atoms with Crippen LogP contribution >= 0.6 is 0 Å². The Kier molecular flexibility index (Phi) is 7.95. The first kappa shape index (κ1) is 24.1. The zero-order chi connectivity index (χ0) is 23.8. The van der Waals surface area contributed by atoms with Crippen molar-refractivity contribution in [3.05, 3.63) is 78.9 Å². The molecule has 1 N–H and O–H groups in total. The maximum atomic E-state index is 13.4. The van der Waals surface area contributed by atoms with Gasteiger partial charge in [0.05, 0.1) is 23.3 Å². The lowest BCUT2D eigenvalue weighted by Gasteiger charge is -2.24. The van der Waals surface area contributed by atoms with E-state index in [-0.39, 0.29) is 11.0 Å². The van der Waals surface area contributed by atoms with E-state index >= 15 is 0 Å². The summed E-state index contributed by atoms with van der Waals surface area (Å²) in [7, 11) is -3.98. The van der Waals surface area contributed by atoms with Crippen LogP contribution in [0.2, 0.25) is 0 Å². The average molecular weight is 469 g/mol. The molecular weight excluding hydrogens is 440 g/mol. The predicted octanol–water partition coefficient (Wildman–Crippen LogP) is 4.71. The summed E-state index contributed by atoms with van der Waals surface area (Å²) in [5.74, 6) is 0.832. The Hall–Kier alpha value is -3.52. The van der Waals surface area contributed by atoms with Crippen LogP contribution in [0.15, 0.2) is 83.8 Å². The number of hydrogen-bond donors (Lipinski definition) is 1. The van der Waals surface area contributed by atoms with Gasteiger partial charge in [-0.15, -0.1) is 0 Å². The monoisotopic (exact) mass is 468 g/mol. The van der Waals surface area contributed by atoms with E-state index in [0.29, 0.717) is 29.5 Å². The van der Waals surface area contributed by atoms with Crippen molar-refractivity contribution in [2.24, 2.45) is 0 Å². The molecule has 0 heterocycles. The second-order valence-electron chi connectivity index (χ2n) is 7.49. The zero-order valence-electron chi connectivity index (χ0n) is 18.9. The lowest BCUT2D eigenvalue weighted by molar-refractivity contribution is -0.114. The van der Waals surface area contributed by atoms with Crippen molar-refractivity contribution in [1.29, 1.82) is 0 Å². The summed E-state index contributed by atoms with van der Waals surface area (Å²) in [5, 5.41) is 2.75. The van der Waals surface area contributed by atoms with E-state index in [1.54, 1.807) is 66.7 Å². The molecule has 0 unspecified atom stereocenters. The van der Waals surface area contributed by atoms with Crippen molar-refractivity contribution in [3.63, 3.8) is 0 Å². The van der Waals surface area contributed by atoms with Crippen molar-refractivity contribution in [1.82, 2.24) is 0 Å². The molecule has 3 rings (SSSR count). The van der Waals surface area contributed by atoms with Gasteiger partial charge in [-0.1, -0.05) is 18.2 Å². The van der Waals surface area contributed by atoms with Crippen LogP contribution in [0.3, 0.4) is 0 Å². The number of amides is 1. The van der Waals surface area contributed by atoms with Crippen LogP contribution in [0.4, 0.5) is 11.4 Å². The smallest absolute Gasteiger partial charge is 0.264 e. The van der Waals surface area contributed by atoms with Gasteiger partial charge in [0.2, 0.25) is 5.91 Å². The maximum Gasteiger partial charge on any atom is 0.264 e. The second kappa shape index (κ2) is 10.9. The Morgan fingerprint density at radius 1 is 0.909 bits per heavy atom. The van der Waals surface area contributed by atoms with Crippen molar-refractivity contribution in [2.45, 2.75) is 31.8 Å². The summed E-state index contributed by atoms with van der Waals surface area (Å²) in [6.45, 7) is 5.83. The Bertz CT molecular complexity index is 1150. The van der Waals surface area contributed by atoms with E-state index in [9.17, 15) is 13.2 Å². The Morgan fingerprint density at radius 3 is 2.09 bits per heavy atom. The van der Waals surface area contributed by atoms with Gasteiger partial charge in [-0.25, -0.2) is 8.42 Å². The fourth-order valence-corrected chi connectivity index (χ4v) is 4.57. The number of carbonyl (C=O) groups is 1. The molecule has 0 bridgehead atoms. The lowest BCUT2D eigenvalue weighted by atomic mass is 10.3. The van der Waals surface area contributed by atoms with E-state index in [4.69, 9.17) is 9.47 Å². The lowest BCUT2D eigenvalue weighted by Crippen LogP contribution is -2.38. The summed E-state index contributed by atoms with van der Waals surface area (Å²) >= 11 is 0. The van der Waals surface area contributed by atoms with Crippen molar-refractivity contribution in [2.75, 3.05) is 22.8 Å². The topological polar surface area (TPSA) is 84.9 Å². The molecule has 0 saturated heterocycles. The minimum atomic E-state index is -3.98. The van der Waals surface area contributed by atoms with Crippen molar-refractivity contribution < 1.29 is 22.7 Å². The van der Waals surface area contributed by atoms with Gasteiger partial charge in [-0.3, -0.25) is 9.10 Å². The number of anilines is 2. The van der Waals surface area contributed by atoms with Gasteiger partial charge in [0, 0.05) is 5.69 Å². The molecule has 0 saturated carbocycles. The van der Waals surface area contributed by atoms with Crippen LogP contribution in [0, 0.1) is 0 Å². The number of nitrogens with one attached hydrogen (secondary N) is 1. The first-order valence-electron chi connectivity index (χ1n) is 10.7. The van der Waals surface area contributed by atoms with E-state index in [2.05, 4.69) is 5.32 Å². The quantitative estimate of drug-likeness (QED) is 0.466. The highest BCUT2D eigenvalue weighted by molar-refractivity contribution is 7.92. The Labute approximate surface area is 195 Å². The molecule has 0 aliphatic carbocycles. The van der Waals surface area contributed by atoms with E-state index in [0.717, 1.165) is 4.31 Å². The number of carbonyl (C=O) groups excluding carboxylic acids is 1. The average Bonchev–Trinajstić information content (AvgIpc) is 2.80. The van der Waals surface area contributed by atoms with Gasteiger partial charge in [0.1, 0.15) is 18.0 Å². The summed E-state index contributed by atoms with van der Waals surface area (Å²) in [6.07, 6.45) is 0.0382. The SMILES string of the molecule is CCOc1ccc(N(CC(=O)Nc2ccc(OC(C)C)cc2)S(=O)(=O)c2ccccc2)cc1. The van der Waals surface area contributed by atoms with Gasteiger partial charge in [0.15, 0.2) is 0 Å². The molecular formula is C25H28N2O5S. The van der Waals surface area contributed by atoms with Crippen LogP contribution in [0.25, 0.3) is 0 Å². The summed E-state index contributed by atoms with van der Waals surface area (Å²) in [5.41, 5.74) is 0.901. The summed E-state index contributed by atoms with van der Waals surface area (Å²) in [4.78, 5) is 12.9. The van der Waals surface area contributed by atoms with E-state index < -0.39 is 22.5 Å². The molecule has 0 spiro atoms. The third kappa shape index (κ3) is 6.49. The fourth-order valence-electron chi connectivity index (χ4n) is 3.13.